The van der Waals surface area contributed by atoms with Crippen molar-refractivity contribution in [2.24, 2.45) is 0 Å². The van der Waals surface area contributed by atoms with E-state index in [9.17, 15) is 0 Å². The molecule has 1 nitrogen and oxygen atoms in total. The minimum absolute atomic E-state index is 0.280. The topological polar surface area (TPSA) is 9.23 Å². The van der Waals surface area contributed by atoms with E-state index in [-0.39, 0.29) is 5.41 Å². The first-order valence-corrected chi connectivity index (χ1v) is 8.81. The number of benzene rings is 1. The maximum atomic E-state index is 6.49. The van der Waals surface area contributed by atoms with Crippen LogP contribution in [-0.4, -0.2) is 6.10 Å². The molecule has 1 fully saturated rings. The van der Waals surface area contributed by atoms with Crippen molar-refractivity contribution < 1.29 is 4.74 Å². The number of rotatable bonds is 2. The lowest BCUT2D eigenvalue weighted by Gasteiger charge is -2.39. The highest BCUT2D eigenvalue weighted by Crippen LogP contribution is 2.45. The van der Waals surface area contributed by atoms with Gasteiger partial charge in [0.15, 0.2) is 0 Å². The van der Waals surface area contributed by atoms with Crippen molar-refractivity contribution in [3.63, 3.8) is 0 Å². The van der Waals surface area contributed by atoms with Crippen LogP contribution in [0.2, 0.25) is 0 Å². The van der Waals surface area contributed by atoms with Gasteiger partial charge in [-0.2, -0.15) is 0 Å². The Hall–Kier alpha value is -0.340. The highest BCUT2D eigenvalue weighted by Gasteiger charge is 2.34. The van der Waals surface area contributed by atoms with Gasteiger partial charge in [-0.25, -0.2) is 0 Å². The van der Waals surface area contributed by atoms with E-state index < -0.39 is 0 Å². The Kier molecular flexibility index (Phi) is 4.24. The molecule has 1 saturated carbocycles. The maximum absolute atomic E-state index is 6.49. The lowest BCUT2D eigenvalue weighted by atomic mass is 9.71. The first-order chi connectivity index (χ1) is 9.56. The zero-order chi connectivity index (χ0) is 14.2. The third-order valence-electron chi connectivity index (χ3n) is 5.03. The summed E-state index contributed by atoms with van der Waals surface area (Å²) in [6.45, 7) is 4.72. The van der Waals surface area contributed by atoms with E-state index in [4.69, 9.17) is 4.74 Å². The molecule has 1 atom stereocenters. The summed E-state index contributed by atoms with van der Waals surface area (Å²) < 4.78 is 7.66. The summed E-state index contributed by atoms with van der Waals surface area (Å²) in [5, 5.41) is 0. The van der Waals surface area contributed by atoms with Crippen molar-refractivity contribution in [3.05, 3.63) is 33.8 Å². The fraction of sp³-hybridized carbons (Fsp3) is 0.667. The number of hydrogen-bond acceptors (Lipinski definition) is 1. The summed E-state index contributed by atoms with van der Waals surface area (Å²) in [6, 6.07) is 6.74. The van der Waals surface area contributed by atoms with E-state index in [1.165, 1.54) is 54.1 Å². The Morgan fingerprint density at radius 3 is 2.60 bits per heavy atom. The molecule has 1 aromatic carbocycles. The predicted molar refractivity (Wildman–Crippen MR) is 87.1 cm³/mol. The van der Waals surface area contributed by atoms with Gasteiger partial charge in [0.2, 0.25) is 0 Å². The van der Waals surface area contributed by atoms with Crippen LogP contribution in [0.1, 0.15) is 76.0 Å². The van der Waals surface area contributed by atoms with E-state index in [1.807, 2.05) is 0 Å². The van der Waals surface area contributed by atoms with Gasteiger partial charge in [-0.3, -0.25) is 0 Å². The van der Waals surface area contributed by atoms with Crippen molar-refractivity contribution in [1.29, 1.82) is 0 Å². The van der Waals surface area contributed by atoms with Gasteiger partial charge in [-0.05, 0) is 54.4 Å². The molecular formula is C18H25BrO. The van der Waals surface area contributed by atoms with Crippen molar-refractivity contribution in [2.45, 2.75) is 76.4 Å². The van der Waals surface area contributed by atoms with Crippen molar-refractivity contribution >= 4 is 15.9 Å². The molecule has 0 aromatic heterocycles. The van der Waals surface area contributed by atoms with Gasteiger partial charge in [0.1, 0.15) is 0 Å². The van der Waals surface area contributed by atoms with Crippen LogP contribution in [-0.2, 0) is 10.2 Å². The first kappa shape index (κ1) is 14.6. The summed E-state index contributed by atoms with van der Waals surface area (Å²) in [7, 11) is 0. The Balaban J connectivity index is 1.84. The summed E-state index contributed by atoms with van der Waals surface area (Å²) in [5.41, 5.74) is 3.18. The predicted octanol–water partition coefficient (Wildman–Crippen LogP) is 5.91. The molecule has 110 valence electrons. The third kappa shape index (κ3) is 2.96. The minimum Gasteiger partial charge on any atom is -0.370 e. The molecule has 3 rings (SSSR count). The molecule has 1 aromatic rings. The van der Waals surface area contributed by atoms with Crippen LogP contribution >= 0.6 is 15.9 Å². The first-order valence-electron chi connectivity index (χ1n) is 8.02. The molecule has 0 saturated heterocycles. The molecule has 0 spiro atoms. The Morgan fingerprint density at radius 1 is 1.10 bits per heavy atom. The average Bonchev–Trinajstić information content (AvgIpc) is 2.43. The molecule has 20 heavy (non-hydrogen) atoms. The smallest absolute Gasteiger partial charge is 0.0832 e. The molecular weight excluding hydrogens is 312 g/mol. The van der Waals surface area contributed by atoms with Gasteiger partial charge in [0.05, 0.1) is 12.2 Å². The monoisotopic (exact) mass is 336 g/mol. The second-order valence-electron chi connectivity index (χ2n) is 7.04. The second kappa shape index (κ2) is 5.81. The van der Waals surface area contributed by atoms with Gasteiger partial charge in [0.25, 0.3) is 0 Å². The summed E-state index contributed by atoms with van der Waals surface area (Å²) in [5.74, 6) is 0. The molecule has 0 amide bonds. The normalized spacial score (nSPS) is 26.2. The molecule has 2 heteroatoms. The van der Waals surface area contributed by atoms with Gasteiger partial charge in [0, 0.05) is 4.47 Å². The summed E-state index contributed by atoms with van der Waals surface area (Å²) in [6.07, 6.45) is 9.75. The molecule has 2 aliphatic carbocycles. The standard InChI is InChI=1S/C18H25BrO/c1-18(2)11-10-17(20-14-6-4-3-5-7-14)15-12-13(19)8-9-16(15)18/h8-9,12,14,17H,3-7,10-11H2,1-2H3. The summed E-state index contributed by atoms with van der Waals surface area (Å²) in [4.78, 5) is 0. The van der Waals surface area contributed by atoms with Crippen molar-refractivity contribution in [1.82, 2.24) is 0 Å². The molecule has 0 bridgehead atoms. The summed E-state index contributed by atoms with van der Waals surface area (Å²) >= 11 is 3.63. The molecule has 0 radical (unpaired) electrons. The van der Waals surface area contributed by atoms with E-state index >= 15 is 0 Å². The van der Waals surface area contributed by atoms with Gasteiger partial charge >= 0.3 is 0 Å². The minimum atomic E-state index is 0.280. The Labute approximate surface area is 131 Å². The number of fused-ring (bicyclic) bond motifs is 1. The lowest BCUT2D eigenvalue weighted by Crippen LogP contribution is -2.29. The third-order valence-corrected chi connectivity index (χ3v) is 5.52. The quantitative estimate of drug-likeness (QED) is 0.652. The fourth-order valence-electron chi connectivity index (χ4n) is 3.77. The zero-order valence-electron chi connectivity index (χ0n) is 12.6. The lowest BCUT2D eigenvalue weighted by molar-refractivity contribution is -0.0429. The Morgan fingerprint density at radius 2 is 1.85 bits per heavy atom. The van der Waals surface area contributed by atoms with E-state index in [1.54, 1.807) is 0 Å². The maximum Gasteiger partial charge on any atom is 0.0832 e. The van der Waals surface area contributed by atoms with Crippen LogP contribution in [0.3, 0.4) is 0 Å². The van der Waals surface area contributed by atoms with Crippen LogP contribution in [0.25, 0.3) is 0 Å². The molecule has 0 heterocycles. The van der Waals surface area contributed by atoms with E-state index in [0.29, 0.717) is 12.2 Å². The highest BCUT2D eigenvalue weighted by atomic mass is 79.9. The van der Waals surface area contributed by atoms with E-state index in [2.05, 4.69) is 48.0 Å². The Bertz CT molecular complexity index is 474. The second-order valence-corrected chi connectivity index (χ2v) is 7.95. The number of halogens is 1. The highest BCUT2D eigenvalue weighted by molar-refractivity contribution is 9.10. The molecule has 0 N–H and O–H groups in total. The van der Waals surface area contributed by atoms with Crippen LogP contribution in [0.15, 0.2) is 22.7 Å². The largest absolute Gasteiger partial charge is 0.370 e. The zero-order valence-corrected chi connectivity index (χ0v) is 14.2. The molecule has 2 aliphatic rings. The van der Waals surface area contributed by atoms with Gasteiger partial charge in [-0.1, -0.05) is 55.1 Å². The van der Waals surface area contributed by atoms with Gasteiger partial charge < -0.3 is 4.74 Å². The number of ether oxygens (including phenoxy) is 1. The molecule has 1 unspecified atom stereocenters. The molecule has 0 aliphatic heterocycles. The number of hydrogen-bond donors (Lipinski definition) is 0. The van der Waals surface area contributed by atoms with Crippen LogP contribution in [0.4, 0.5) is 0 Å². The SMILES string of the molecule is CC1(C)CCC(OC2CCCCC2)c2cc(Br)ccc21. The average molecular weight is 337 g/mol. The fourth-order valence-corrected chi connectivity index (χ4v) is 4.15. The van der Waals surface area contributed by atoms with E-state index in [0.717, 1.165) is 6.42 Å². The van der Waals surface area contributed by atoms with Gasteiger partial charge in [-0.15, -0.1) is 0 Å². The van der Waals surface area contributed by atoms with Crippen molar-refractivity contribution in [3.8, 4) is 0 Å². The van der Waals surface area contributed by atoms with Crippen LogP contribution in [0, 0.1) is 0 Å². The van der Waals surface area contributed by atoms with Crippen LogP contribution in [0.5, 0.6) is 0 Å². The van der Waals surface area contributed by atoms with Crippen LogP contribution < -0.4 is 0 Å². The van der Waals surface area contributed by atoms with Crippen molar-refractivity contribution in [2.75, 3.05) is 0 Å².